The zero-order valence-electron chi connectivity index (χ0n) is 13.1. The van der Waals surface area contributed by atoms with Crippen LogP contribution in [0, 0.1) is 0 Å². The zero-order chi connectivity index (χ0) is 15.9. The summed E-state index contributed by atoms with van der Waals surface area (Å²) in [7, 11) is -3.38. The molecule has 0 aromatic heterocycles. The van der Waals surface area contributed by atoms with E-state index in [0.717, 1.165) is 5.56 Å². The molecule has 2 rings (SSSR count). The maximum absolute atomic E-state index is 12.7. The molecule has 1 aromatic carbocycles. The molecule has 1 aliphatic heterocycles. The fourth-order valence-electron chi connectivity index (χ4n) is 2.83. The SMILES string of the molecule is CC1(C)CN(S(=O)(=O)Cc2ccc(N)cc2)CC(C)(C)O1. The van der Waals surface area contributed by atoms with Crippen LogP contribution < -0.4 is 5.73 Å². The average Bonchev–Trinajstić information content (AvgIpc) is 2.28. The normalized spacial score (nSPS) is 22.1. The van der Waals surface area contributed by atoms with Crippen molar-refractivity contribution in [1.82, 2.24) is 4.31 Å². The molecule has 6 heteroatoms. The molecule has 0 atom stereocenters. The highest BCUT2D eigenvalue weighted by Crippen LogP contribution is 2.30. The predicted molar refractivity (Wildman–Crippen MR) is 84.3 cm³/mol. The molecule has 0 radical (unpaired) electrons. The summed E-state index contributed by atoms with van der Waals surface area (Å²) in [6, 6.07) is 6.95. The Morgan fingerprint density at radius 2 is 1.57 bits per heavy atom. The fraction of sp³-hybridized carbons (Fsp3) is 0.600. The van der Waals surface area contributed by atoms with Gasteiger partial charge in [0.1, 0.15) is 0 Å². The van der Waals surface area contributed by atoms with Gasteiger partial charge in [-0.3, -0.25) is 0 Å². The molecule has 0 bridgehead atoms. The van der Waals surface area contributed by atoms with Crippen molar-refractivity contribution in [1.29, 1.82) is 0 Å². The quantitative estimate of drug-likeness (QED) is 0.866. The summed E-state index contributed by atoms with van der Waals surface area (Å²) >= 11 is 0. The summed E-state index contributed by atoms with van der Waals surface area (Å²) in [4.78, 5) is 0. The molecule has 2 N–H and O–H groups in total. The van der Waals surface area contributed by atoms with Crippen molar-refractivity contribution in [3.63, 3.8) is 0 Å². The van der Waals surface area contributed by atoms with Gasteiger partial charge in [0.15, 0.2) is 0 Å². The van der Waals surface area contributed by atoms with E-state index in [1.165, 1.54) is 4.31 Å². The third kappa shape index (κ3) is 4.18. The summed E-state index contributed by atoms with van der Waals surface area (Å²) in [5.41, 5.74) is 6.02. The maximum atomic E-state index is 12.7. The van der Waals surface area contributed by atoms with Crippen LogP contribution in [-0.2, 0) is 20.5 Å². The molecule has 1 aromatic rings. The first-order valence-electron chi connectivity index (χ1n) is 7.02. The van der Waals surface area contributed by atoms with Crippen LogP contribution in [0.2, 0.25) is 0 Å². The van der Waals surface area contributed by atoms with E-state index >= 15 is 0 Å². The summed E-state index contributed by atoms with van der Waals surface area (Å²) < 4.78 is 32.8. The van der Waals surface area contributed by atoms with Gasteiger partial charge in [-0.05, 0) is 45.4 Å². The number of rotatable bonds is 3. The second-order valence-corrected chi connectivity index (χ2v) is 8.86. The molecular formula is C15H24N2O3S. The van der Waals surface area contributed by atoms with Gasteiger partial charge in [0.2, 0.25) is 10.0 Å². The molecule has 1 heterocycles. The van der Waals surface area contributed by atoms with Crippen LogP contribution in [0.15, 0.2) is 24.3 Å². The van der Waals surface area contributed by atoms with E-state index in [2.05, 4.69) is 0 Å². The monoisotopic (exact) mass is 312 g/mol. The minimum absolute atomic E-state index is 0.0144. The largest absolute Gasteiger partial charge is 0.399 e. The molecule has 0 aliphatic carbocycles. The van der Waals surface area contributed by atoms with Gasteiger partial charge in [0.25, 0.3) is 0 Å². The first-order chi connectivity index (χ1) is 9.49. The lowest BCUT2D eigenvalue weighted by Crippen LogP contribution is -2.58. The number of hydrogen-bond acceptors (Lipinski definition) is 4. The van der Waals surface area contributed by atoms with Gasteiger partial charge in [-0.1, -0.05) is 12.1 Å². The Bertz CT molecular complexity index is 590. The van der Waals surface area contributed by atoms with Gasteiger partial charge in [-0.25, -0.2) is 8.42 Å². The number of morpholine rings is 1. The number of nitrogens with two attached hydrogens (primary N) is 1. The molecule has 0 saturated carbocycles. The van der Waals surface area contributed by atoms with Crippen molar-refractivity contribution in [3.8, 4) is 0 Å². The Balaban J connectivity index is 2.20. The summed E-state index contributed by atoms with van der Waals surface area (Å²) in [5.74, 6) is -0.0144. The van der Waals surface area contributed by atoms with Gasteiger partial charge >= 0.3 is 0 Å². The molecule has 0 amide bonds. The molecule has 5 nitrogen and oxygen atoms in total. The van der Waals surface area contributed by atoms with Crippen molar-refractivity contribution >= 4 is 15.7 Å². The Morgan fingerprint density at radius 1 is 1.10 bits per heavy atom. The highest BCUT2D eigenvalue weighted by molar-refractivity contribution is 7.88. The van der Waals surface area contributed by atoms with Crippen LogP contribution in [-0.4, -0.2) is 37.0 Å². The molecule has 0 unspecified atom stereocenters. The minimum atomic E-state index is -3.38. The van der Waals surface area contributed by atoms with Gasteiger partial charge in [-0.2, -0.15) is 4.31 Å². The van der Waals surface area contributed by atoms with Crippen LogP contribution in [0.5, 0.6) is 0 Å². The highest BCUT2D eigenvalue weighted by Gasteiger charge is 2.42. The molecule has 21 heavy (non-hydrogen) atoms. The number of anilines is 1. The molecule has 1 saturated heterocycles. The fourth-order valence-corrected chi connectivity index (χ4v) is 4.64. The second kappa shape index (κ2) is 5.26. The summed E-state index contributed by atoms with van der Waals surface area (Å²) in [6.07, 6.45) is 0. The van der Waals surface area contributed by atoms with E-state index in [-0.39, 0.29) is 5.75 Å². The number of sulfonamides is 1. The second-order valence-electron chi connectivity index (χ2n) is 6.89. The van der Waals surface area contributed by atoms with Crippen molar-refractivity contribution < 1.29 is 13.2 Å². The van der Waals surface area contributed by atoms with Gasteiger partial charge < -0.3 is 10.5 Å². The van der Waals surface area contributed by atoms with Crippen LogP contribution in [0.3, 0.4) is 0 Å². The molecule has 118 valence electrons. The number of nitrogen functional groups attached to an aromatic ring is 1. The van der Waals surface area contributed by atoms with E-state index < -0.39 is 21.2 Å². The van der Waals surface area contributed by atoms with E-state index in [1.54, 1.807) is 24.3 Å². The van der Waals surface area contributed by atoms with E-state index in [9.17, 15) is 8.42 Å². The summed E-state index contributed by atoms with van der Waals surface area (Å²) in [5, 5.41) is 0. The van der Waals surface area contributed by atoms with Crippen molar-refractivity contribution in [2.75, 3.05) is 18.8 Å². The summed E-state index contributed by atoms with van der Waals surface area (Å²) in [6.45, 7) is 8.40. The minimum Gasteiger partial charge on any atom is -0.399 e. The van der Waals surface area contributed by atoms with E-state index in [0.29, 0.717) is 18.8 Å². The van der Waals surface area contributed by atoms with Crippen LogP contribution in [0.1, 0.15) is 33.3 Å². The molecule has 1 fully saturated rings. The first-order valence-corrected chi connectivity index (χ1v) is 8.63. The first kappa shape index (κ1) is 16.3. The van der Waals surface area contributed by atoms with E-state index in [1.807, 2.05) is 27.7 Å². The van der Waals surface area contributed by atoms with Gasteiger partial charge in [0, 0.05) is 18.8 Å². The number of nitrogens with zero attached hydrogens (tertiary/aromatic N) is 1. The third-order valence-corrected chi connectivity index (χ3v) is 5.13. The lowest BCUT2D eigenvalue weighted by molar-refractivity contribution is -0.163. The average molecular weight is 312 g/mol. The van der Waals surface area contributed by atoms with Gasteiger partial charge in [0.05, 0.1) is 17.0 Å². The lowest BCUT2D eigenvalue weighted by Gasteiger charge is -2.46. The number of hydrogen-bond donors (Lipinski definition) is 1. The smallest absolute Gasteiger partial charge is 0.218 e. The Labute approximate surface area is 127 Å². The van der Waals surface area contributed by atoms with Crippen LogP contribution in [0.4, 0.5) is 5.69 Å². The molecule has 1 aliphatic rings. The van der Waals surface area contributed by atoms with Crippen molar-refractivity contribution in [2.24, 2.45) is 0 Å². The van der Waals surface area contributed by atoms with Crippen molar-refractivity contribution in [3.05, 3.63) is 29.8 Å². The Hall–Kier alpha value is -1.11. The third-order valence-electron chi connectivity index (χ3n) is 3.39. The molecule has 0 spiro atoms. The zero-order valence-corrected chi connectivity index (χ0v) is 13.9. The Morgan fingerprint density at radius 3 is 2.05 bits per heavy atom. The van der Waals surface area contributed by atoms with Gasteiger partial charge in [-0.15, -0.1) is 0 Å². The van der Waals surface area contributed by atoms with Crippen LogP contribution in [0.25, 0.3) is 0 Å². The topological polar surface area (TPSA) is 72.6 Å². The van der Waals surface area contributed by atoms with Crippen LogP contribution >= 0.6 is 0 Å². The number of benzene rings is 1. The maximum Gasteiger partial charge on any atom is 0.218 e. The van der Waals surface area contributed by atoms with E-state index in [4.69, 9.17) is 10.5 Å². The number of ether oxygens (including phenoxy) is 1. The molecular weight excluding hydrogens is 288 g/mol. The predicted octanol–water partition coefficient (Wildman–Crippen LogP) is 1.99. The van der Waals surface area contributed by atoms with Crippen molar-refractivity contribution in [2.45, 2.75) is 44.6 Å². The lowest BCUT2D eigenvalue weighted by atomic mass is 10.0. The Kier molecular flexibility index (Phi) is 4.08. The highest BCUT2D eigenvalue weighted by atomic mass is 32.2. The standard InChI is InChI=1S/C15H24N2O3S/c1-14(2)10-17(11-15(3,4)20-14)21(18,19)9-12-5-7-13(16)8-6-12/h5-8H,9-11,16H2,1-4H3.